The molecule has 0 saturated carbocycles. The first-order valence-electron chi connectivity index (χ1n) is 6.98. The average molecular weight is 380 g/mol. The van der Waals surface area contributed by atoms with Crippen LogP contribution in [0.5, 0.6) is 0 Å². The summed E-state index contributed by atoms with van der Waals surface area (Å²) in [6.07, 6.45) is 4.09. The van der Waals surface area contributed by atoms with Crippen LogP contribution in [0.25, 0.3) is 0 Å². The number of nitrogens with one attached hydrogen (secondary N) is 2. The number of thiophene rings is 1. The summed E-state index contributed by atoms with van der Waals surface area (Å²) in [4.78, 5) is 24.0. The Hall–Kier alpha value is -2.72. The van der Waals surface area contributed by atoms with E-state index in [9.17, 15) is 18.0 Å². The van der Waals surface area contributed by atoms with Gasteiger partial charge in [-0.2, -0.15) is 5.10 Å². The van der Waals surface area contributed by atoms with Gasteiger partial charge in [-0.1, -0.05) is 12.7 Å². The number of carbonyl (C=O) groups is 2. The van der Waals surface area contributed by atoms with Crippen LogP contribution in [-0.2, 0) is 9.84 Å². The number of aromatic amines is 1. The molecule has 0 radical (unpaired) electrons. The number of aromatic nitrogens is 2. The van der Waals surface area contributed by atoms with E-state index in [1.165, 1.54) is 38.3 Å². The molecule has 0 aliphatic heterocycles. The molecular formula is C15H16N4O4S2. The zero-order valence-corrected chi connectivity index (χ0v) is 15.1. The smallest absolute Gasteiger partial charge is 0.274 e. The maximum absolute atomic E-state index is 12.7. The van der Waals surface area contributed by atoms with Crippen molar-refractivity contribution in [3.05, 3.63) is 52.7 Å². The molecule has 8 nitrogen and oxygen atoms in total. The van der Waals surface area contributed by atoms with Gasteiger partial charge in [0.05, 0.1) is 5.56 Å². The molecule has 0 unspecified atom stereocenters. The van der Waals surface area contributed by atoms with E-state index in [2.05, 4.69) is 22.1 Å². The van der Waals surface area contributed by atoms with E-state index in [4.69, 9.17) is 5.73 Å². The number of nitrogens with zero attached hydrogens (tertiary/aromatic N) is 1. The number of carbonyl (C=O) groups excluding carboxylic acids is 2. The fourth-order valence-electron chi connectivity index (χ4n) is 2.09. The second-order valence-corrected chi connectivity index (χ2v) is 8.36. The highest BCUT2D eigenvalue weighted by Crippen LogP contribution is 2.38. The van der Waals surface area contributed by atoms with Gasteiger partial charge < -0.3 is 11.1 Å². The van der Waals surface area contributed by atoms with Crippen molar-refractivity contribution >= 4 is 38.0 Å². The van der Waals surface area contributed by atoms with Crippen molar-refractivity contribution in [3.8, 4) is 0 Å². The second kappa shape index (κ2) is 7.03. The minimum atomic E-state index is -3.83. The van der Waals surface area contributed by atoms with E-state index in [1.807, 2.05) is 0 Å². The lowest BCUT2D eigenvalue weighted by molar-refractivity contribution is 0.100. The van der Waals surface area contributed by atoms with E-state index in [1.54, 1.807) is 0 Å². The highest BCUT2D eigenvalue weighted by atomic mass is 32.2. The summed E-state index contributed by atoms with van der Waals surface area (Å²) in [5.41, 5.74) is 5.68. The molecule has 2 amide bonds. The Labute approximate surface area is 148 Å². The minimum Gasteiger partial charge on any atom is -0.365 e. The molecule has 0 fully saturated rings. The number of amides is 2. The van der Waals surface area contributed by atoms with Gasteiger partial charge in [0.25, 0.3) is 11.8 Å². The molecule has 0 aromatic carbocycles. The molecular weight excluding hydrogens is 364 g/mol. The van der Waals surface area contributed by atoms with E-state index in [-0.39, 0.29) is 30.9 Å². The highest BCUT2D eigenvalue weighted by molar-refractivity contribution is 7.97. The van der Waals surface area contributed by atoms with Crippen molar-refractivity contribution in [2.45, 2.75) is 18.1 Å². The first-order valence-corrected chi connectivity index (χ1v) is 9.28. The van der Waals surface area contributed by atoms with E-state index in [0.29, 0.717) is 0 Å². The lowest BCUT2D eigenvalue weighted by Gasteiger charge is -2.03. The third-order valence-electron chi connectivity index (χ3n) is 3.34. The van der Waals surface area contributed by atoms with Gasteiger partial charge in [0.15, 0.2) is 0 Å². The number of nitrogens with two attached hydrogens (primary N) is 1. The average Bonchev–Trinajstić information content (AvgIpc) is 3.15. The fourth-order valence-corrected chi connectivity index (χ4v) is 5.18. The van der Waals surface area contributed by atoms with Crippen LogP contribution in [0.4, 0.5) is 5.00 Å². The van der Waals surface area contributed by atoms with Crippen LogP contribution >= 0.6 is 11.3 Å². The predicted octanol–water partition coefficient (Wildman–Crippen LogP) is 1.99. The van der Waals surface area contributed by atoms with Crippen molar-refractivity contribution in [2.75, 3.05) is 5.32 Å². The molecule has 132 valence electrons. The summed E-state index contributed by atoms with van der Waals surface area (Å²) in [5.74, 6) is -1.40. The first-order chi connectivity index (χ1) is 11.7. The summed E-state index contributed by atoms with van der Waals surface area (Å²) in [6.45, 7) is 6.36. The number of primary amides is 1. The van der Waals surface area contributed by atoms with Crippen molar-refractivity contribution in [2.24, 2.45) is 5.73 Å². The normalized spacial score (nSPS) is 12.0. The first kappa shape index (κ1) is 18.6. The second-order valence-electron chi connectivity index (χ2n) is 5.02. The van der Waals surface area contributed by atoms with Crippen LogP contribution in [0.15, 0.2) is 40.1 Å². The van der Waals surface area contributed by atoms with Crippen LogP contribution in [0.3, 0.4) is 0 Å². The summed E-state index contributed by atoms with van der Waals surface area (Å²) in [7, 11) is -3.83. The molecule has 4 N–H and O–H groups in total. The van der Waals surface area contributed by atoms with Crippen LogP contribution in [0.1, 0.15) is 33.3 Å². The Morgan fingerprint density at radius 3 is 2.64 bits per heavy atom. The van der Waals surface area contributed by atoms with Crippen LogP contribution in [0.2, 0.25) is 0 Å². The minimum absolute atomic E-state index is 0.0390. The molecule has 25 heavy (non-hydrogen) atoms. The lowest BCUT2D eigenvalue weighted by Crippen LogP contribution is -2.17. The summed E-state index contributed by atoms with van der Waals surface area (Å²) >= 11 is 0.771. The van der Waals surface area contributed by atoms with Crippen LogP contribution in [0, 0.1) is 6.92 Å². The number of allylic oxidation sites excluding steroid dienone is 3. The van der Waals surface area contributed by atoms with Gasteiger partial charge in [0.2, 0.25) is 9.84 Å². The Balaban J connectivity index is 2.56. The molecule has 0 saturated heterocycles. The molecule has 0 spiro atoms. The number of rotatable bonds is 6. The molecule has 10 heteroatoms. The lowest BCUT2D eigenvalue weighted by atomic mass is 10.2. The number of hydrogen-bond acceptors (Lipinski definition) is 6. The maximum Gasteiger partial charge on any atom is 0.274 e. The predicted molar refractivity (Wildman–Crippen MR) is 95.3 cm³/mol. The molecule has 0 aliphatic rings. The summed E-state index contributed by atoms with van der Waals surface area (Å²) < 4.78 is 25.3. The van der Waals surface area contributed by atoms with E-state index < -0.39 is 21.7 Å². The SMILES string of the molecule is C=C/C=C(\C)S(=O)(=O)c1sc(NC(=O)c2ccn[nH]2)c(C(N)=O)c1C. The van der Waals surface area contributed by atoms with Gasteiger partial charge in [0, 0.05) is 11.1 Å². The molecule has 2 rings (SSSR count). The molecule has 0 atom stereocenters. The molecule has 0 aliphatic carbocycles. The molecule has 2 aromatic heterocycles. The largest absolute Gasteiger partial charge is 0.365 e. The Morgan fingerprint density at radius 1 is 1.44 bits per heavy atom. The number of anilines is 1. The third kappa shape index (κ3) is 3.54. The highest BCUT2D eigenvalue weighted by Gasteiger charge is 2.29. The molecule has 2 heterocycles. The van der Waals surface area contributed by atoms with Crippen molar-refractivity contribution in [3.63, 3.8) is 0 Å². The zero-order chi connectivity index (χ0) is 18.8. The standard InChI is InChI=1S/C15H16N4O4S2/c1-4-5-8(2)25(22,23)15-9(3)11(12(16)20)14(24-15)18-13(21)10-6-7-17-19-10/h4-7H,1H2,2-3H3,(H2,16,20)(H,17,19)(H,18,21)/b8-5+. The van der Waals surface area contributed by atoms with Gasteiger partial charge in [-0.3, -0.25) is 14.7 Å². The van der Waals surface area contributed by atoms with Crippen molar-refractivity contribution in [1.82, 2.24) is 10.2 Å². The van der Waals surface area contributed by atoms with Gasteiger partial charge in [-0.15, -0.1) is 11.3 Å². The zero-order valence-electron chi connectivity index (χ0n) is 13.5. The maximum atomic E-state index is 12.7. The third-order valence-corrected chi connectivity index (χ3v) is 7.03. The van der Waals surface area contributed by atoms with Gasteiger partial charge >= 0.3 is 0 Å². The van der Waals surface area contributed by atoms with Gasteiger partial charge in [0.1, 0.15) is 14.9 Å². The summed E-state index contributed by atoms with van der Waals surface area (Å²) in [5, 5.41) is 8.71. The Bertz CT molecular complexity index is 970. The topological polar surface area (TPSA) is 135 Å². The quantitative estimate of drug-likeness (QED) is 0.659. The fraction of sp³-hybridized carbons (Fsp3) is 0.133. The Morgan fingerprint density at radius 2 is 2.12 bits per heavy atom. The van der Waals surface area contributed by atoms with Gasteiger partial charge in [-0.25, -0.2) is 8.42 Å². The van der Waals surface area contributed by atoms with Gasteiger partial charge in [-0.05, 0) is 31.6 Å². The number of H-pyrrole nitrogens is 1. The molecule has 2 aromatic rings. The Kier molecular flexibility index (Phi) is 5.24. The van der Waals surface area contributed by atoms with Crippen molar-refractivity contribution in [1.29, 1.82) is 0 Å². The summed E-state index contributed by atoms with van der Waals surface area (Å²) in [6, 6.07) is 1.44. The monoisotopic (exact) mass is 380 g/mol. The molecule has 0 bridgehead atoms. The van der Waals surface area contributed by atoms with E-state index >= 15 is 0 Å². The van der Waals surface area contributed by atoms with Crippen LogP contribution < -0.4 is 11.1 Å². The number of sulfone groups is 1. The van der Waals surface area contributed by atoms with E-state index in [0.717, 1.165) is 11.3 Å². The number of hydrogen-bond donors (Lipinski definition) is 3. The van der Waals surface area contributed by atoms with Crippen LogP contribution in [-0.4, -0.2) is 30.4 Å². The van der Waals surface area contributed by atoms with Crippen molar-refractivity contribution < 1.29 is 18.0 Å².